The Morgan fingerprint density at radius 3 is 3.11 bits per heavy atom. The highest BCUT2D eigenvalue weighted by Crippen LogP contribution is 2.34. The third-order valence-electron chi connectivity index (χ3n) is 3.33. The van der Waals surface area contributed by atoms with Crippen LogP contribution in [0.5, 0.6) is 5.75 Å². The summed E-state index contributed by atoms with van der Waals surface area (Å²) in [5.74, 6) is 1.15. The van der Waals surface area contributed by atoms with E-state index in [1.54, 1.807) is 13.3 Å². The first-order valence-electron chi connectivity index (χ1n) is 5.92. The maximum Gasteiger partial charge on any atom is 0.345 e. The van der Waals surface area contributed by atoms with Crippen LogP contribution in [0.1, 0.15) is 17.9 Å². The normalized spacial score (nSPS) is 19.3. The van der Waals surface area contributed by atoms with E-state index in [1.165, 1.54) is 0 Å². The molecule has 0 saturated carbocycles. The summed E-state index contributed by atoms with van der Waals surface area (Å²) in [4.78, 5) is 17.6. The van der Waals surface area contributed by atoms with Crippen LogP contribution < -0.4 is 10.4 Å². The molecule has 1 saturated heterocycles. The lowest BCUT2D eigenvalue weighted by atomic mass is 9.96. The lowest BCUT2D eigenvalue weighted by Gasteiger charge is -2.14. The van der Waals surface area contributed by atoms with E-state index in [0.29, 0.717) is 5.92 Å². The molecule has 0 radical (unpaired) electrons. The first-order chi connectivity index (χ1) is 8.78. The molecule has 0 spiro atoms. The fourth-order valence-corrected chi connectivity index (χ4v) is 2.38. The van der Waals surface area contributed by atoms with Gasteiger partial charge in [-0.05, 0) is 12.5 Å². The first kappa shape index (κ1) is 11.2. The summed E-state index contributed by atoms with van der Waals surface area (Å²) in [6, 6.07) is 3.88. The third-order valence-corrected chi connectivity index (χ3v) is 3.33. The zero-order valence-electron chi connectivity index (χ0n) is 10.1. The van der Waals surface area contributed by atoms with Gasteiger partial charge in [0.05, 0.1) is 19.2 Å². The summed E-state index contributed by atoms with van der Waals surface area (Å²) >= 11 is 0. The number of nitrogens with zero attached hydrogens (tertiary/aromatic N) is 1. The Kier molecular flexibility index (Phi) is 2.76. The molecule has 0 aliphatic carbocycles. The van der Waals surface area contributed by atoms with Gasteiger partial charge in [-0.15, -0.1) is 0 Å². The topological polar surface area (TPSA) is 64.2 Å². The Hall–Kier alpha value is -1.88. The van der Waals surface area contributed by atoms with Crippen molar-refractivity contribution in [3.05, 3.63) is 34.4 Å². The molecule has 1 fully saturated rings. The molecule has 0 amide bonds. The van der Waals surface area contributed by atoms with Gasteiger partial charge in [-0.3, -0.25) is 0 Å². The van der Waals surface area contributed by atoms with E-state index < -0.39 is 0 Å². The maximum atomic E-state index is 11.2. The Labute approximate surface area is 104 Å². The van der Waals surface area contributed by atoms with Gasteiger partial charge >= 0.3 is 5.69 Å². The van der Waals surface area contributed by atoms with Gasteiger partial charge in [0, 0.05) is 35.7 Å². The van der Waals surface area contributed by atoms with Crippen molar-refractivity contribution >= 4 is 10.9 Å². The van der Waals surface area contributed by atoms with Crippen LogP contribution in [-0.2, 0) is 4.74 Å². The quantitative estimate of drug-likeness (QED) is 0.870. The van der Waals surface area contributed by atoms with Crippen LogP contribution in [0.25, 0.3) is 10.9 Å². The largest absolute Gasteiger partial charge is 0.496 e. The molecule has 5 heteroatoms. The third kappa shape index (κ3) is 1.86. The predicted molar refractivity (Wildman–Crippen MR) is 67.1 cm³/mol. The molecule has 1 aliphatic rings. The number of hydrogen-bond acceptors (Lipinski definition) is 4. The molecule has 0 bridgehead atoms. The highest BCUT2D eigenvalue weighted by Gasteiger charge is 2.21. The van der Waals surface area contributed by atoms with Crippen LogP contribution in [-0.4, -0.2) is 30.3 Å². The van der Waals surface area contributed by atoms with Crippen molar-refractivity contribution in [3.8, 4) is 5.75 Å². The minimum Gasteiger partial charge on any atom is -0.496 e. The first-order valence-corrected chi connectivity index (χ1v) is 5.92. The van der Waals surface area contributed by atoms with Crippen molar-refractivity contribution in [2.75, 3.05) is 20.3 Å². The standard InChI is InChI=1S/C13H14N2O3/c1-17-12-5-11-9(6-14-13(16)15-11)4-10(12)8-2-3-18-7-8/h4-6,8H,2-3,7H2,1H3,(H,14,15,16)/t8-/m1/s1. The number of methoxy groups -OCH3 is 1. The number of hydrogen-bond donors (Lipinski definition) is 1. The molecule has 1 N–H and O–H groups in total. The van der Waals surface area contributed by atoms with Crippen molar-refractivity contribution in [1.29, 1.82) is 0 Å². The van der Waals surface area contributed by atoms with E-state index in [4.69, 9.17) is 9.47 Å². The second-order valence-corrected chi connectivity index (χ2v) is 4.43. The van der Waals surface area contributed by atoms with Crippen LogP contribution in [0.4, 0.5) is 0 Å². The lowest BCUT2D eigenvalue weighted by molar-refractivity contribution is 0.193. The zero-order chi connectivity index (χ0) is 12.5. The van der Waals surface area contributed by atoms with Crippen LogP contribution >= 0.6 is 0 Å². The van der Waals surface area contributed by atoms with Crippen LogP contribution in [0.3, 0.4) is 0 Å². The van der Waals surface area contributed by atoms with Gasteiger partial charge in [-0.1, -0.05) is 0 Å². The van der Waals surface area contributed by atoms with Gasteiger partial charge in [0.25, 0.3) is 0 Å². The Morgan fingerprint density at radius 1 is 1.50 bits per heavy atom. The summed E-state index contributed by atoms with van der Waals surface area (Å²) in [6.45, 7) is 1.51. The molecule has 94 valence electrons. The number of H-pyrrole nitrogens is 1. The molecule has 1 aromatic carbocycles. The zero-order valence-corrected chi connectivity index (χ0v) is 10.1. The van der Waals surface area contributed by atoms with Crippen molar-refractivity contribution in [2.24, 2.45) is 0 Å². The van der Waals surface area contributed by atoms with E-state index in [-0.39, 0.29) is 5.69 Å². The Bertz CT molecular complexity index is 630. The molecule has 2 aromatic rings. The molecule has 2 heterocycles. The van der Waals surface area contributed by atoms with Gasteiger partial charge in [-0.25, -0.2) is 9.78 Å². The van der Waals surface area contributed by atoms with Gasteiger partial charge in [-0.2, -0.15) is 0 Å². The van der Waals surface area contributed by atoms with Crippen molar-refractivity contribution in [1.82, 2.24) is 9.97 Å². The van der Waals surface area contributed by atoms with E-state index >= 15 is 0 Å². The smallest absolute Gasteiger partial charge is 0.345 e. The van der Waals surface area contributed by atoms with E-state index in [2.05, 4.69) is 9.97 Å². The average Bonchev–Trinajstić information content (AvgIpc) is 2.90. The number of rotatable bonds is 2. The molecule has 0 unspecified atom stereocenters. The molecule has 18 heavy (non-hydrogen) atoms. The SMILES string of the molecule is COc1cc2[nH]c(=O)ncc2cc1[C@@H]1CCOC1. The van der Waals surface area contributed by atoms with Crippen LogP contribution in [0.2, 0.25) is 0 Å². The van der Waals surface area contributed by atoms with E-state index in [1.807, 2.05) is 12.1 Å². The number of aromatic amines is 1. The highest BCUT2D eigenvalue weighted by molar-refractivity contribution is 5.80. The summed E-state index contributed by atoms with van der Waals surface area (Å²) in [5, 5.41) is 0.914. The number of benzene rings is 1. The second-order valence-electron chi connectivity index (χ2n) is 4.43. The van der Waals surface area contributed by atoms with Gasteiger partial charge in [0.2, 0.25) is 0 Å². The summed E-state index contributed by atoms with van der Waals surface area (Å²) in [7, 11) is 1.64. The maximum absolute atomic E-state index is 11.2. The minimum atomic E-state index is -0.346. The summed E-state index contributed by atoms with van der Waals surface area (Å²) in [6.07, 6.45) is 2.59. The number of fused-ring (bicyclic) bond motifs is 1. The Balaban J connectivity index is 2.17. The molecular formula is C13H14N2O3. The van der Waals surface area contributed by atoms with Gasteiger partial charge in [0.1, 0.15) is 5.75 Å². The fourth-order valence-electron chi connectivity index (χ4n) is 2.38. The van der Waals surface area contributed by atoms with Gasteiger partial charge in [0.15, 0.2) is 0 Å². The highest BCUT2D eigenvalue weighted by atomic mass is 16.5. The molecule has 1 aliphatic heterocycles. The fraction of sp³-hybridized carbons (Fsp3) is 0.385. The molecular weight excluding hydrogens is 232 g/mol. The monoisotopic (exact) mass is 246 g/mol. The molecule has 1 atom stereocenters. The van der Waals surface area contributed by atoms with E-state index in [0.717, 1.165) is 41.9 Å². The Morgan fingerprint density at radius 2 is 2.39 bits per heavy atom. The van der Waals surface area contributed by atoms with Crippen molar-refractivity contribution in [2.45, 2.75) is 12.3 Å². The second kappa shape index (κ2) is 4.42. The minimum absolute atomic E-state index is 0.346. The lowest BCUT2D eigenvalue weighted by Crippen LogP contribution is -2.09. The molecule has 1 aromatic heterocycles. The average molecular weight is 246 g/mol. The molecule has 5 nitrogen and oxygen atoms in total. The number of aromatic nitrogens is 2. The van der Waals surface area contributed by atoms with Crippen LogP contribution in [0, 0.1) is 0 Å². The van der Waals surface area contributed by atoms with Gasteiger partial charge < -0.3 is 14.5 Å². The van der Waals surface area contributed by atoms with E-state index in [9.17, 15) is 4.79 Å². The number of ether oxygens (including phenoxy) is 2. The van der Waals surface area contributed by atoms with Crippen LogP contribution in [0.15, 0.2) is 23.1 Å². The molecule has 3 rings (SSSR count). The summed E-state index contributed by atoms with van der Waals surface area (Å²) in [5.41, 5.74) is 1.52. The summed E-state index contributed by atoms with van der Waals surface area (Å²) < 4.78 is 10.8. The predicted octanol–water partition coefficient (Wildman–Crippen LogP) is 1.44. The van der Waals surface area contributed by atoms with Crippen molar-refractivity contribution in [3.63, 3.8) is 0 Å². The number of nitrogens with one attached hydrogen (secondary N) is 1. The van der Waals surface area contributed by atoms with Crippen molar-refractivity contribution < 1.29 is 9.47 Å².